The number of aliphatic hydroxyl groups is 1. The molecule has 36 heavy (non-hydrogen) atoms. The van der Waals surface area contributed by atoms with Gasteiger partial charge < -0.3 is 19.7 Å². The van der Waals surface area contributed by atoms with E-state index in [1.54, 1.807) is 0 Å². The number of nitrogens with one attached hydrogen (secondary N) is 1. The van der Waals surface area contributed by atoms with Crippen molar-refractivity contribution in [3.63, 3.8) is 0 Å². The molecule has 4 heteroatoms. The van der Waals surface area contributed by atoms with Gasteiger partial charge in [-0.15, -0.1) is 0 Å². The minimum Gasteiger partial charge on any atom is -0.487 e. The molecule has 2 N–H and O–H groups in total. The first kappa shape index (κ1) is 23.8. The molecular formula is C32H40N2O2. The van der Waals surface area contributed by atoms with Gasteiger partial charge in [0.05, 0.1) is 17.8 Å². The molecule has 0 spiro atoms. The van der Waals surface area contributed by atoms with Gasteiger partial charge >= 0.3 is 0 Å². The van der Waals surface area contributed by atoms with Crippen molar-refractivity contribution >= 4 is 0 Å². The highest BCUT2D eigenvalue weighted by molar-refractivity contribution is 5.41. The molecule has 3 aromatic rings. The van der Waals surface area contributed by atoms with Crippen molar-refractivity contribution in [1.29, 1.82) is 0 Å². The largest absolute Gasteiger partial charge is 0.487 e. The van der Waals surface area contributed by atoms with Crippen LogP contribution in [0.25, 0.3) is 0 Å². The number of aryl methyl sites for hydroxylation is 1. The van der Waals surface area contributed by atoms with Gasteiger partial charge in [-0.1, -0.05) is 61.7 Å². The van der Waals surface area contributed by atoms with Gasteiger partial charge in [-0.2, -0.15) is 0 Å². The molecule has 1 aromatic heterocycles. The second kappa shape index (κ2) is 10.4. The highest BCUT2D eigenvalue weighted by Gasteiger charge is 2.38. The summed E-state index contributed by atoms with van der Waals surface area (Å²) in [5.41, 5.74) is 5.62. The topological polar surface area (TPSA) is 46.4 Å². The lowest BCUT2D eigenvalue weighted by Crippen LogP contribution is -2.37. The SMILES string of the molecule is OC(CCc1ccn2c1COc1ccc(C3CCNCC3)cc1C2)(c1ccccc1)C1CCCCC1. The van der Waals surface area contributed by atoms with Crippen LogP contribution in [0, 0.1) is 5.92 Å². The number of hydrogen-bond acceptors (Lipinski definition) is 3. The average molecular weight is 485 g/mol. The summed E-state index contributed by atoms with van der Waals surface area (Å²) < 4.78 is 8.72. The highest BCUT2D eigenvalue weighted by atomic mass is 16.5. The minimum absolute atomic E-state index is 0.337. The number of hydrogen-bond donors (Lipinski definition) is 2. The molecule has 190 valence electrons. The van der Waals surface area contributed by atoms with Crippen molar-refractivity contribution in [3.05, 3.63) is 88.7 Å². The monoisotopic (exact) mass is 484 g/mol. The molecule has 2 fully saturated rings. The average Bonchev–Trinajstić information content (AvgIpc) is 3.23. The molecule has 3 aliphatic rings. The van der Waals surface area contributed by atoms with E-state index < -0.39 is 5.60 Å². The first-order valence-electron chi connectivity index (χ1n) is 14.1. The Balaban J connectivity index is 1.22. The van der Waals surface area contributed by atoms with E-state index in [1.807, 2.05) is 6.07 Å². The van der Waals surface area contributed by atoms with Crippen LogP contribution in [0.3, 0.4) is 0 Å². The molecule has 1 atom stereocenters. The van der Waals surface area contributed by atoms with E-state index in [1.165, 1.54) is 54.5 Å². The molecular weight excluding hydrogens is 444 g/mol. The van der Waals surface area contributed by atoms with Gasteiger partial charge in [0.15, 0.2) is 0 Å². The predicted molar refractivity (Wildman–Crippen MR) is 144 cm³/mol. The summed E-state index contributed by atoms with van der Waals surface area (Å²) in [6.45, 7) is 3.67. The molecule has 1 aliphatic carbocycles. The first-order valence-corrected chi connectivity index (χ1v) is 14.1. The van der Waals surface area contributed by atoms with Gasteiger partial charge in [0.25, 0.3) is 0 Å². The Hall–Kier alpha value is -2.56. The van der Waals surface area contributed by atoms with Crippen molar-refractivity contribution in [1.82, 2.24) is 9.88 Å². The number of fused-ring (bicyclic) bond motifs is 2. The van der Waals surface area contributed by atoms with Crippen LogP contribution < -0.4 is 10.1 Å². The van der Waals surface area contributed by atoms with Crippen LogP contribution >= 0.6 is 0 Å². The molecule has 0 bridgehead atoms. The van der Waals surface area contributed by atoms with Gasteiger partial charge in [0, 0.05) is 11.8 Å². The molecule has 1 saturated heterocycles. The van der Waals surface area contributed by atoms with Gasteiger partial charge in [0.2, 0.25) is 0 Å². The van der Waals surface area contributed by atoms with Gasteiger partial charge in [-0.05, 0) is 92.3 Å². The van der Waals surface area contributed by atoms with Gasteiger partial charge in [-0.25, -0.2) is 0 Å². The van der Waals surface area contributed by atoms with Crippen molar-refractivity contribution < 1.29 is 9.84 Å². The van der Waals surface area contributed by atoms with E-state index >= 15 is 0 Å². The molecule has 3 heterocycles. The molecule has 0 radical (unpaired) electrons. The van der Waals surface area contributed by atoms with E-state index in [4.69, 9.17) is 4.74 Å². The van der Waals surface area contributed by atoms with E-state index in [0.717, 1.165) is 56.6 Å². The van der Waals surface area contributed by atoms with Crippen LogP contribution in [0.5, 0.6) is 5.75 Å². The van der Waals surface area contributed by atoms with Crippen molar-refractivity contribution in [3.8, 4) is 5.75 Å². The summed E-state index contributed by atoms with van der Waals surface area (Å²) in [6.07, 6.45) is 12.3. The highest BCUT2D eigenvalue weighted by Crippen LogP contribution is 2.43. The fraction of sp³-hybridized carbons (Fsp3) is 0.500. The lowest BCUT2D eigenvalue weighted by molar-refractivity contribution is -0.0459. The zero-order valence-electron chi connectivity index (χ0n) is 21.4. The van der Waals surface area contributed by atoms with Gasteiger partial charge in [0.1, 0.15) is 12.4 Å². The Morgan fingerprint density at radius 2 is 1.75 bits per heavy atom. The van der Waals surface area contributed by atoms with Crippen LogP contribution in [0.1, 0.15) is 85.2 Å². The van der Waals surface area contributed by atoms with Crippen LogP contribution in [0.4, 0.5) is 0 Å². The molecule has 0 amide bonds. The standard InChI is InChI=1S/C32H40N2O2/c35-32(28-7-3-1-4-8-28,29-9-5-2-6-10-29)17-13-25-16-20-34-22-27-21-26(24-14-18-33-19-15-24)11-12-31(27)36-23-30(25)34/h1,3-4,7-8,11-12,16,20-21,24,29,33,35H,2,5-6,9-10,13-15,17-19,22-23H2. The zero-order valence-corrected chi connectivity index (χ0v) is 21.4. The maximum atomic E-state index is 12.1. The minimum atomic E-state index is -0.769. The fourth-order valence-corrected chi connectivity index (χ4v) is 6.92. The lowest BCUT2D eigenvalue weighted by atomic mass is 9.71. The van der Waals surface area contributed by atoms with Crippen LogP contribution in [0.15, 0.2) is 60.8 Å². The summed E-state index contributed by atoms with van der Waals surface area (Å²) in [5.74, 6) is 2.00. The number of nitrogens with zero attached hydrogens (tertiary/aromatic N) is 1. The number of benzene rings is 2. The quantitative estimate of drug-likeness (QED) is 0.432. The number of ether oxygens (including phenoxy) is 1. The third-order valence-corrected chi connectivity index (χ3v) is 9.10. The second-order valence-corrected chi connectivity index (χ2v) is 11.2. The first-order chi connectivity index (χ1) is 17.7. The van der Waals surface area contributed by atoms with Crippen LogP contribution in [-0.2, 0) is 25.2 Å². The van der Waals surface area contributed by atoms with E-state index in [2.05, 4.69) is 64.6 Å². The van der Waals surface area contributed by atoms with Crippen molar-refractivity contribution in [2.24, 2.45) is 5.92 Å². The molecule has 4 nitrogen and oxygen atoms in total. The zero-order chi connectivity index (χ0) is 24.4. The van der Waals surface area contributed by atoms with Crippen molar-refractivity contribution in [2.75, 3.05) is 13.1 Å². The third-order valence-electron chi connectivity index (χ3n) is 9.10. The Bertz CT molecular complexity index is 1160. The summed E-state index contributed by atoms with van der Waals surface area (Å²) in [6, 6.07) is 19.5. The number of rotatable bonds is 6. The summed E-state index contributed by atoms with van der Waals surface area (Å²) >= 11 is 0. The fourth-order valence-electron chi connectivity index (χ4n) is 6.92. The maximum absolute atomic E-state index is 12.1. The van der Waals surface area contributed by atoms with Crippen LogP contribution in [0.2, 0.25) is 0 Å². The van der Waals surface area contributed by atoms with Crippen molar-refractivity contribution in [2.45, 2.75) is 82.5 Å². The maximum Gasteiger partial charge on any atom is 0.128 e. The molecule has 1 unspecified atom stereocenters. The summed E-state index contributed by atoms with van der Waals surface area (Å²) in [4.78, 5) is 0. The third kappa shape index (κ3) is 4.73. The Morgan fingerprint density at radius 3 is 2.56 bits per heavy atom. The van der Waals surface area contributed by atoms with E-state index in [9.17, 15) is 5.11 Å². The van der Waals surface area contributed by atoms with E-state index in [-0.39, 0.29) is 0 Å². The number of piperidine rings is 1. The number of aromatic nitrogens is 1. The van der Waals surface area contributed by atoms with Crippen LogP contribution in [-0.4, -0.2) is 22.8 Å². The second-order valence-electron chi connectivity index (χ2n) is 11.2. The van der Waals surface area contributed by atoms with Gasteiger partial charge in [-0.3, -0.25) is 0 Å². The normalized spacial score (nSPS) is 20.6. The molecule has 6 rings (SSSR count). The van der Waals surface area contributed by atoms with E-state index in [0.29, 0.717) is 18.4 Å². The Kier molecular flexibility index (Phi) is 6.90. The lowest BCUT2D eigenvalue weighted by Gasteiger charge is -2.39. The molecule has 1 saturated carbocycles. The smallest absolute Gasteiger partial charge is 0.128 e. The molecule has 2 aromatic carbocycles. The summed E-state index contributed by atoms with van der Waals surface area (Å²) in [7, 11) is 0. The summed E-state index contributed by atoms with van der Waals surface area (Å²) in [5, 5.41) is 15.6. The Labute approximate surface area is 215 Å². The molecule has 2 aliphatic heterocycles. The Morgan fingerprint density at radius 1 is 0.944 bits per heavy atom. The predicted octanol–water partition coefficient (Wildman–Crippen LogP) is 6.30.